The molecule has 0 saturated heterocycles. The first-order valence-corrected chi connectivity index (χ1v) is 9.87. The van der Waals surface area contributed by atoms with Gasteiger partial charge in [-0.1, -0.05) is 29.8 Å². The Morgan fingerprint density at radius 3 is 2.53 bits per heavy atom. The molecule has 0 amide bonds. The minimum Gasteiger partial charge on any atom is -0.497 e. The second-order valence-corrected chi connectivity index (χ2v) is 8.07. The third-order valence-electron chi connectivity index (χ3n) is 6.01. The van der Waals surface area contributed by atoms with Gasteiger partial charge in [0.05, 0.1) is 30.6 Å². The largest absolute Gasteiger partial charge is 0.497 e. The first-order valence-electron chi connectivity index (χ1n) is 9.49. The summed E-state index contributed by atoms with van der Waals surface area (Å²) in [7, 11) is 1.58. The maximum absolute atomic E-state index is 13.6. The van der Waals surface area contributed by atoms with Crippen molar-refractivity contribution in [3.63, 3.8) is 0 Å². The van der Waals surface area contributed by atoms with E-state index in [1.807, 2.05) is 24.3 Å². The van der Waals surface area contributed by atoms with Crippen LogP contribution in [0.5, 0.6) is 5.75 Å². The number of ether oxygens (including phenoxy) is 1. The SMILES string of the molecule is COc1ccc(CC2=NC(C)C(C)(C(=O)O)C(c3ccc(F)cc3Cl)C2C#N)cc1. The van der Waals surface area contributed by atoms with Crippen molar-refractivity contribution in [2.75, 3.05) is 7.11 Å². The van der Waals surface area contributed by atoms with Crippen LogP contribution in [0.4, 0.5) is 4.39 Å². The second kappa shape index (κ2) is 8.45. The van der Waals surface area contributed by atoms with E-state index in [1.54, 1.807) is 21.0 Å². The van der Waals surface area contributed by atoms with Gasteiger partial charge in [-0.15, -0.1) is 0 Å². The number of aliphatic imine (C=N–C) groups is 1. The van der Waals surface area contributed by atoms with Gasteiger partial charge in [-0.2, -0.15) is 5.26 Å². The van der Waals surface area contributed by atoms with Crippen LogP contribution < -0.4 is 4.74 Å². The Kier molecular flexibility index (Phi) is 6.14. The Balaban J connectivity index is 2.11. The van der Waals surface area contributed by atoms with Gasteiger partial charge >= 0.3 is 5.97 Å². The van der Waals surface area contributed by atoms with E-state index >= 15 is 0 Å². The maximum Gasteiger partial charge on any atom is 0.312 e. The number of benzene rings is 2. The summed E-state index contributed by atoms with van der Waals surface area (Å²) in [6, 6.07) is 12.9. The number of nitrogens with zero attached hydrogens (tertiary/aromatic N) is 2. The third kappa shape index (κ3) is 3.78. The van der Waals surface area contributed by atoms with Crippen LogP contribution in [0.25, 0.3) is 0 Å². The number of aliphatic carboxylic acids is 1. The summed E-state index contributed by atoms with van der Waals surface area (Å²) in [5.41, 5.74) is 0.554. The van der Waals surface area contributed by atoms with Crippen molar-refractivity contribution < 1.29 is 19.0 Å². The van der Waals surface area contributed by atoms with Crippen molar-refractivity contribution >= 4 is 23.3 Å². The normalized spacial score (nSPS) is 25.9. The van der Waals surface area contributed by atoms with Gasteiger partial charge in [0.2, 0.25) is 0 Å². The highest BCUT2D eigenvalue weighted by molar-refractivity contribution is 6.31. The van der Waals surface area contributed by atoms with Crippen molar-refractivity contribution in [2.24, 2.45) is 16.3 Å². The van der Waals surface area contributed by atoms with Crippen LogP contribution in [0.15, 0.2) is 47.5 Å². The van der Waals surface area contributed by atoms with Gasteiger partial charge in [0.25, 0.3) is 0 Å². The Hall–Kier alpha value is -2.91. The Morgan fingerprint density at radius 2 is 2.00 bits per heavy atom. The zero-order valence-electron chi connectivity index (χ0n) is 16.9. The van der Waals surface area contributed by atoms with Crippen molar-refractivity contribution in [1.82, 2.24) is 0 Å². The lowest BCUT2D eigenvalue weighted by molar-refractivity contribution is -0.151. The molecule has 0 bridgehead atoms. The van der Waals surface area contributed by atoms with Crippen LogP contribution in [-0.4, -0.2) is 29.9 Å². The summed E-state index contributed by atoms with van der Waals surface area (Å²) >= 11 is 6.31. The van der Waals surface area contributed by atoms with Crippen molar-refractivity contribution in [3.05, 3.63) is 64.4 Å². The first kappa shape index (κ1) is 21.8. The molecule has 1 N–H and O–H groups in total. The average Bonchev–Trinajstić information content (AvgIpc) is 2.71. The number of carboxylic acids is 1. The number of carboxylic acid groups (broad SMARTS) is 1. The van der Waals surface area contributed by atoms with E-state index in [9.17, 15) is 19.6 Å². The monoisotopic (exact) mass is 428 g/mol. The predicted molar refractivity (Wildman–Crippen MR) is 113 cm³/mol. The minimum atomic E-state index is -1.38. The summed E-state index contributed by atoms with van der Waals surface area (Å²) in [6.45, 7) is 3.29. The molecule has 0 saturated carbocycles. The molecule has 0 aliphatic carbocycles. The van der Waals surface area contributed by atoms with E-state index in [0.29, 0.717) is 23.4 Å². The Morgan fingerprint density at radius 1 is 1.33 bits per heavy atom. The molecule has 5 nitrogen and oxygen atoms in total. The van der Waals surface area contributed by atoms with E-state index in [0.717, 1.165) is 11.6 Å². The summed E-state index contributed by atoms with van der Waals surface area (Å²) in [5.74, 6) is -2.50. The lowest BCUT2D eigenvalue weighted by Crippen LogP contribution is -2.50. The van der Waals surface area contributed by atoms with Crippen LogP contribution in [0.1, 0.15) is 30.9 Å². The van der Waals surface area contributed by atoms with Crippen molar-refractivity contribution in [1.29, 1.82) is 5.26 Å². The summed E-state index contributed by atoms with van der Waals surface area (Å²) in [5, 5.41) is 20.2. The standard InChI is InChI=1S/C23H22ClFN2O3/c1-13-23(2,22(28)29)21(17-9-6-15(25)11-19(17)24)18(12-26)20(27-13)10-14-4-7-16(30-3)8-5-14/h4-9,11,13,18,21H,10H2,1-3H3,(H,28,29). The topological polar surface area (TPSA) is 82.7 Å². The molecule has 1 aliphatic heterocycles. The number of nitriles is 1. The van der Waals surface area contributed by atoms with Gasteiger partial charge in [0.15, 0.2) is 0 Å². The summed E-state index contributed by atoms with van der Waals surface area (Å²) in [6.07, 6.45) is 0.386. The Labute approximate surface area is 179 Å². The zero-order valence-corrected chi connectivity index (χ0v) is 17.7. The van der Waals surface area contributed by atoms with E-state index in [4.69, 9.17) is 16.3 Å². The van der Waals surface area contributed by atoms with Crippen LogP contribution in [0.2, 0.25) is 5.02 Å². The summed E-state index contributed by atoms with van der Waals surface area (Å²) < 4.78 is 18.8. The van der Waals surface area contributed by atoms with Gasteiger partial charge in [-0.25, -0.2) is 4.39 Å². The molecule has 0 aromatic heterocycles. The molecule has 2 aromatic rings. The molecule has 4 atom stereocenters. The zero-order chi connectivity index (χ0) is 22.1. The molecule has 7 heteroatoms. The van der Waals surface area contributed by atoms with Gasteiger partial charge < -0.3 is 9.84 Å². The van der Waals surface area contributed by atoms with Gasteiger partial charge in [-0.05, 0) is 49.2 Å². The van der Waals surface area contributed by atoms with Crippen LogP contribution in [0, 0.1) is 28.5 Å². The lowest BCUT2D eigenvalue weighted by atomic mass is 9.60. The third-order valence-corrected chi connectivity index (χ3v) is 6.33. The number of hydrogen-bond acceptors (Lipinski definition) is 4. The smallest absolute Gasteiger partial charge is 0.312 e. The molecule has 2 aromatic carbocycles. The van der Waals surface area contributed by atoms with Gasteiger partial charge in [-0.3, -0.25) is 9.79 Å². The predicted octanol–water partition coefficient (Wildman–Crippen LogP) is 4.89. The van der Waals surface area contributed by atoms with Gasteiger partial charge in [0, 0.05) is 23.1 Å². The number of carbonyl (C=O) groups is 1. The van der Waals surface area contributed by atoms with Gasteiger partial charge in [0.1, 0.15) is 11.6 Å². The lowest BCUT2D eigenvalue weighted by Gasteiger charge is -2.44. The molecule has 30 heavy (non-hydrogen) atoms. The van der Waals surface area contributed by atoms with E-state index in [-0.39, 0.29) is 5.02 Å². The fraction of sp³-hybridized carbons (Fsp3) is 0.348. The van der Waals surface area contributed by atoms with E-state index in [1.165, 1.54) is 12.1 Å². The highest BCUT2D eigenvalue weighted by Gasteiger charge is 2.54. The number of rotatable bonds is 5. The number of halogens is 2. The highest BCUT2D eigenvalue weighted by atomic mass is 35.5. The highest BCUT2D eigenvalue weighted by Crippen LogP contribution is 2.50. The quantitative estimate of drug-likeness (QED) is 0.735. The molecular formula is C23H22ClFN2O3. The van der Waals surface area contributed by atoms with E-state index < -0.39 is 35.1 Å². The summed E-state index contributed by atoms with van der Waals surface area (Å²) in [4.78, 5) is 17.0. The fourth-order valence-corrected chi connectivity index (χ4v) is 4.37. The second-order valence-electron chi connectivity index (χ2n) is 7.66. The Bertz CT molecular complexity index is 1030. The molecule has 1 aliphatic rings. The van der Waals surface area contributed by atoms with Crippen molar-refractivity contribution in [2.45, 2.75) is 32.2 Å². The number of methoxy groups -OCH3 is 1. The molecule has 0 spiro atoms. The first-order chi connectivity index (χ1) is 14.2. The van der Waals surface area contributed by atoms with Crippen molar-refractivity contribution in [3.8, 4) is 11.8 Å². The van der Waals surface area contributed by atoms with Crippen LogP contribution in [-0.2, 0) is 11.2 Å². The fourth-order valence-electron chi connectivity index (χ4n) is 4.09. The van der Waals surface area contributed by atoms with Crippen LogP contribution in [0.3, 0.4) is 0 Å². The molecule has 3 rings (SSSR count). The molecular weight excluding hydrogens is 407 g/mol. The molecule has 0 fully saturated rings. The maximum atomic E-state index is 13.6. The minimum absolute atomic E-state index is 0.102. The number of hydrogen-bond donors (Lipinski definition) is 1. The molecule has 0 radical (unpaired) electrons. The van der Waals surface area contributed by atoms with E-state index in [2.05, 4.69) is 11.1 Å². The average molecular weight is 429 g/mol. The molecule has 4 unspecified atom stereocenters. The van der Waals surface area contributed by atoms with Crippen LogP contribution >= 0.6 is 11.6 Å². The molecule has 1 heterocycles. The molecule has 156 valence electrons.